The summed E-state index contributed by atoms with van der Waals surface area (Å²) < 4.78 is 17.5. The zero-order valence-corrected chi connectivity index (χ0v) is 11.3. The van der Waals surface area contributed by atoms with Crippen LogP contribution in [0.15, 0.2) is 0 Å². The van der Waals surface area contributed by atoms with Crippen molar-refractivity contribution >= 4 is 17.7 Å². The number of esters is 1. The van der Waals surface area contributed by atoms with E-state index in [-0.39, 0.29) is 5.97 Å². The van der Waals surface area contributed by atoms with Crippen LogP contribution in [0.3, 0.4) is 0 Å². The fourth-order valence-electron chi connectivity index (χ4n) is 1.09. The number of thioether (sulfide) groups is 1. The number of halogens is 1. The van der Waals surface area contributed by atoms with Crippen LogP contribution in [-0.4, -0.2) is 30.3 Å². The van der Waals surface area contributed by atoms with Gasteiger partial charge in [0.1, 0.15) is 0 Å². The van der Waals surface area contributed by atoms with Crippen LogP contribution in [0.25, 0.3) is 0 Å². The number of alkyl halides is 1. The Morgan fingerprint density at radius 2 is 2.00 bits per heavy atom. The van der Waals surface area contributed by atoms with Gasteiger partial charge in [0, 0.05) is 0 Å². The van der Waals surface area contributed by atoms with Crippen molar-refractivity contribution in [1.82, 2.24) is 0 Å². The van der Waals surface area contributed by atoms with Crippen LogP contribution in [-0.2, 0) is 9.53 Å². The predicted octanol–water partition coefficient (Wildman–Crippen LogP) is 3.45. The Balaban J connectivity index is 3.21. The van der Waals surface area contributed by atoms with Crippen LogP contribution in [0.2, 0.25) is 0 Å². The lowest BCUT2D eigenvalue weighted by Gasteiger charge is -2.06. The van der Waals surface area contributed by atoms with Gasteiger partial charge in [-0.05, 0) is 37.9 Å². The molecule has 0 rings (SSSR count). The molecule has 0 bridgehead atoms. The minimum absolute atomic E-state index is 0.141. The molecular formula is C12H23FO2S. The van der Waals surface area contributed by atoms with Gasteiger partial charge >= 0.3 is 5.97 Å². The van der Waals surface area contributed by atoms with E-state index in [1.807, 2.05) is 13.8 Å². The first kappa shape index (κ1) is 15.8. The van der Waals surface area contributed by atoms with E-state index in [1.165, 1.54) is 0 Å². The topological polar surface area (TPSA) is 26.3 Å². The zero-order chi connectivity index (χ0) is 12.4. The summed E-state index contributed by atoms with van der Waals surface area (Å²) in [4.78, 5) is 11.2. The number of hydrogen-bond donors (Lipinski definition) is 0. The second-order valence-corrected chi connectivity index (χ2v) is 5.51. The Morgan fingerprint density at radius 1 is 1.31 bits per heavy atom. The van der Waals surface area contributed by atoms with Crippen molar-refractivity contribution < 1.29 is 13.9 Å². The summed E-state index contributed by atoms with van der Waals surface area (Å²) in [5.74, 6) is 1.57. The van der Waals surface area contributed by atoms with Crippen LogP contribution in [0, 0.1) is 5.92 Å². The number of carbonyl (C=O) groups is 1. The van der Waals surface area contributed by atoms with Crippen molar-refractivity contribution in [3.05, 3.63) is 0 Å². The van der Waals surface area contributed by atoms with Crippen LogP contribution in [0.1, 0.15) is 40.0 Å². The highest BCUT2D eigenvalue weighted by Crippen LogP contribution is 2.09. The average Bonchev–Trinajstić information content (AvgIpc) is 2.19. The maximum absolute atomic E-state index is 12.4. The molecule has 1 atom stereocenters. The molecule has 96 valence electrons. The number of unbranched alkanes of at least 4 members (excludes halogenated alkanes) is 1. The summed E-state index contributed by atoms with van der Waals surface area (Å²) in [6, 6.07) is 0. The van der Waals surface area contributed by atoms with Crippen molar-refractivity contribution in [2.75, 3.05) is 18.1 Å². The molecule has 0 aromatic rings. The lowest BCUT2D eigenvalue weighted by Crippen LogP contribution is -2.12. The Morgan fingerprint density at radius 3 is 2.56 bits per heavy atom. The van der Waals surface area contributed by atoms with Crippen molar-refractivity contribution in [3.63, 3.8) is 0 Å². The van der Waals surface area contributed by atoms with E-state index in [0.29, 0.717) is 24.7 Å². The maximum atomic E-state index is 12.4. The van der Waals surface area contributed by atoms with E-state index >= 15 is 0 Å². The van der Waals surface area contributed by atoms with Gasteiger partial charge in [-0.3, -0.25) is 4.79 Å². The van der Waals surface area contributed by atoms with Crippen LogP contribution >= 0.6 is 11.8 Å². The molecule has 0 spiro atoms. The molecule has 2 nitrogen and oxygen atoms in total. The van der Waals surface area contributed by atoms with Crippen LogP contribution < -0.4 is 0 Å². The number of ether oxygens (including phenoxy) is 1. The smallest absolute Gasteiger partial charge is 0.315 e. The first-order valence-corrected chi connectivity index (χ1v) is 7.05. The maximum Gasteiger partial charge on any atom is 0.315 e. The van der Waals surface area contributed by atoms with Crippen molar-refractivity contribution in [2.24, 2.45) is 5.92 Å². The molecule has 0 aliphatic carbocycles. The standard InChI is InChI=1S/C12H23FO2S/c1-10(2)8-15-12(14)9-16-7-5-4-6-11(3)13/h10-11H,4-9H2,1-3H3. The Bertz CT molecular complexity index is 184. The normalized spacial score (nSPS) is 12.8. The van der Waals surface area contributed by atoms with Crippen LogP contribution in [0.5, 0.6) is 0 Å². The number of hydrogen-bond acceptors (Lipinski definition) is 3. The second kappa shape index (κ2) is 9.94. The first-order valence-electron chi connectivity index (χ1n) is 5.89. The summed E-state index contributed by atoms with van der Waals surface area (Å²) in [5, 5.41) is 0. The van der Waals surface area contributed by atoms with Crippen molar-refractivity contribution in [2.45, 2.75) is 46.2 Å². The Labute approximate surface area is 102 Å². The first-order chi connectivity index (χ1) is 7.52. The molecule has 0 saturated carbocycles. The van der Waals surface area contributed by atoms with Gasteiger partial charge in [-0.25, -0.2) is 4.39 Å². The monoisotopic (exact) mass is 250 g/mol. The summed E-state index contributed by atoms with van der Waals surface area (Å²) in [6.45, 7) is 6.10. The average molecular weight is 250 g/mol. The predicted molar refractivity (Wildman–Crippen MR) is 67.5 cm³/mol. The SMILES string of the molecule is CC(C)COC(=O)CSCCCCC(C)F. The molecule has 0 fully saturated rings. The van der Waals surface area contributed by atoms with Crippen molar-refractivity contribution in [1.29, 1.82) is 0 Å². The van der Waals surface area contributed by atoms with E-state index < -0.39 is 6.17 Å². The second-order valence-electron chi connectivity index (χ2n) is 4.41. The molecule has 0 aliphatic rings. The third-order valence-corrected chi connectivity index (χ3v) is 2.96. The van der Waals surface area contributed by atoms with E-state index in [0.717, 1.165) is 18.6 Å². The fraction of sp³-hybridized carbons (Fsp3) is 0.917. The summed E-state index contributed by atoms with van der Waals surface area (Å²) in [7, 11) is 0. The minimum Gasteiger partial charge on any atom is -0.465 e. The molecule has 0 amide bonds. The fourth-order valence-corrected chi connectivity index (χ4v) is 1.89. The van der Waals surface area contributed by atoms with E-state index in [2.05, 4.69) is 0 Å². The molecule has 0 radical (unpaired) electrons. The summed E-state index contributed by atoms with van der Waals surface area (Å²) in [6.07, 6.45) is 1.78. The molecule has 0 aromatic carbocycles. The Hall–Kier alpha value is -0.250. The lowest BCUT2D eigenvalue weighted by molar-refractivity contribution is -0.141. The Kier molecular flexibility index (Phi) is 9.78. The lowest BCUT2D eigenvalue weighted by atomic mass is 10.2. The molecule has 1 unspecified atom stereocenters. The largest absolute Gasteiger partial charge is 0.465 e. The third kappa shape index (κ3) is 11.8. The van der Waals surface area contributed by atoms with E-state index in [4.69, 9.17) is 4.74 Å². The zero-order valence-electron chi connectivity index (χ0n) is 10.5. The molecule has 0 aromatic heterocycles. The quantitative estimate of drug-likeness (QED) is 0.463. The molecule has 0 heterocycles. The highest BCUT2D eigenvalue weighted by molar-refractivity contribution is 7.99. The van der Waals surface area contributed by atoms with Gasteiger partial charge in [-0.2, -0.15) is 11.8 Å². The molecule has 16 heavy (non-hydrogen) atoms. The van der Waals surface area contributed by atoms with Crippen molar-refractivity contribution in [3.8, 4) is 0 Å². The number of rotatable bonds is 9. The highest BCUT2D eigenvalue weighted by Gasteiger charge is 2.04. The van der Waals surface area contributed by atoms with E-state index in [1.54, 1.807) is 18.7 Å². The van der Waals surface area contributed by atoms with Gasteiger partial charge in [0.2, 0.25) is 0 Å². The molecule has 0 N–H and O–H groups in total. The third-order valence-electron chi connectivity index (χ3n) is 1.94. The van der Waals surface area contributed by atoms with Gasteiger partial charge in [0.15, 0.2) is 0 Å². The minimum atomic E-state index is -0.707. The van der Waals surface area contributed by atoms with Gasteiger partial charge in [-0.15, -0.1) is 0 Å². The van der Waals surface area contributed by atoms with Gasteiger partial charge in [0.25, 0.3) is 0 Å². The summed E-state index contributed by atoms with van der Waals surface area (Å²) in [5.41, 5.74) is 0. The molecule has 4 heteroatoms. The van der Waals surface area contributed by atoms with Crippen LogP contribution in [0.4, 0.5) is 4.39 Å². The van der Waals surface area contributed by atoms with E-state index in [9.17, 15) is 9.18 Å². The molecule has 0 aliphatic heterocycles. The highest BCUT2D eigenvalue weighted by atomic mass is 32.2. The molecular weight excluding hydrogens is 227 g/mol. The summed E-state index contributed by atoms with van der Waals surface area (Å²) >= 11 is 1.57. The van der Waals surface area contributed by atoms with Gasteiger partial charge in [0.05, 0.1) is 18.5 Å². The van der Waals surface area contributed by atoms with Gasteiger partial charge < -0.3 is 4.74 Å². The molecule has 0 saturated heterocycles. The number of carbonyl (C=O) groups excluding carboxylic acids is 1. The van der Waals surface area contributed by atoms with Gasteiger partial charge in [-0.1, -0.05) is 13.8 Å².